The van der Waals surface area contributed by atoms with Crippen molar-refractivity contribution in [1.82, 2.24) is 14.5 Å². The Kier molecular flexibility index (Phi) is 5.51. The van der Waals surface area contributed by atoms with E-state index in [9.17, 15) is 4.79 Å². The van der Waals surface area contributed by atoms with Crippen molar-refractivity contribution in [3.05, 3.63) is 106 Å². The van der Waals surface area contributed by atoms with E-state index in [1.165, 1.54) is 21.5 Å². The fourth-order valence-electron chi connectivity index (χ4n) is 4.41. The van der Waals surface area contributed by atoms with E-state index in [0.29, 0.717) is 20.9 Å². The molecule has 0 radical (unpaired) electrons. The Morgan fingerprint density at radius 3 is 2.36 bits per heavy atom. The number of thiophene rings is 1. The highest BCUT2D eigenvalue weighted by Crippen LogP contribution is 2.39. The van der Waals surface area contributed by atoms with Crippen LogP contribution >= 0.6 is 23.6 Å². The molecule has 3 aromatic carbocycles. The van der Waals surface area contributed by atoms with E-state index in [1.54, 1.807) is 7.11 Å². The van der Waals surface area contributed by atoms with Crippen LogP contribution in [0.15, 0.2) is 89.7 Å². The predicted octanol–water partition coefficient (Wildman–Crippen LogP) is 7.31. The molecule has 36 heavy (non-hydrogen) atoms. The highest BCUT2D eigenvalue weighted by Gasteiger charge is 2.19. The number of aromatic amines is 1. The zero-order chi connectivity index (χ0) is 24.8. The number of H-pyrrole nitrogens is 1. The molecule has 0 aliphatic heterocycles. The molecule has 0 aliphatic rings. The molecular weight excluding hydrogens is 486 g/mol. The molecule has 0 amide bonds. The summed E-state index contributed by atoms with van der Waals surface area (Å²) in [5, 5.41) is 0.905. The van der Waals surface area contributed by atoms with Gasteiger partial charge in [-0.1, -0.05) is 60.2 Å². The summed E-state index contributed by atoms with van der Waals surface area (Å²) in [6, 6.07) is 27.9. The van der Waals surface area contributed by atoms with Crippen LogP contribution in [0.2, 0.25) is 0 Å². The van der Waals surface area contributed by atoms with E-state index in [1.807, 2.05) is 42.5 Å². The molecule has 0 atom stereocenters. The van der Waals surface area contributed by atoms with Crippen LogP contribution in [0, 0.1) is 11.7 Å². The van der Waals surface area contributed by atoms with E-state index < -0.39 is 0 Å². The minimum absolute atomic E-state index is 0.169. The van der Waals surface area contributed by atoms with Crippen molar-refractivity contribution in [2.75, 3.05) is 7.11 Å². The van der Waals surface area contributed by atoms with Crippen LogP contribution in [-0.4, -0.2) is 21.6 Å². The zero-order valence-corrected chi connectivity index (χ0v) is 21.2. The van der Waals surface area contributed by atoms with Gasteiger partial charge in [0, 0.05) is 10.9 Å². The number of nitrogens with zero attached hydrogens (tertiary/aromatic N) is 2. The lowest BCUT2D eigenvalue weighted by molar-refractivity contribution is 0.414. The lowest BCUT2D eigenvalue weighted by Crippen LogP contribution is -2.19. The van der Waals surface area contributed by atoms with Crippen molar-refractivity contribution in [3.8, 4) is 33.8 Å². The normalized spacial score (nSPS) is 11.3. The number of ether oxygens (including phenoxy) is 1. The molecule has 0 unspecified atom stereocenters. The number of pyridine rings is 1. The largest absolute Gasteiger partial charge is 0.497 e. The first kappa shape index (κ1) is 22.4. The van der Waals surface area contributed by atoms with E-state index in [-0.39, 0.29) is 5.56 Å². The minimum atomic E-state index is -0.169. The van der Waals surface area contributed by atoms with Crippen LogP contribution in [0.4, 0.5) is 0 Å². The van der Waals surface area contributed by atoms with E-state index in [2.05, 4.69) is 54.4 Å². The lowest BCUT2D eigenvalue weighted by Gasteiger charge is -2.10. The summed E-state index contributed by atoms with van der Waals surface area (Å²) in [7, 11) is 1.61. The van der Waals surface area contributed by atoms with Crippen molar-refractivity contribution in [2.24, 2.45) is 0 Å². The van der Waals surface area contributed by atoms with Crippen LogP contribution < -0.4 is 10.3 Å². The van der Waals surface area contributed by atoms with Crippen molar-refractivity contribution in [3.63, 3.8) is 0 Å². The number of aryl methyl sites for hydroxylation is 1. The van der Waals surface area contributed by atoms with Crippen LogP contribution in [0.25, 0.3) is 48.5 Å². The summed E-state index contributed by atoms with van der Waals surface area (Å²) < 4.78 is 7.70. The Labute approximate surface area is 216 Å². The molecule has 0 fully saturated rings. The maximum Gasteiger partial charge on any atom is 0.276 e. The number of hydrogen-bond donors (Lipinski definition) is 1. The molecule has 0 saturated heterocycles. The minimum Gasteiger partial charge on any atom is -0.497 e. The molecule has 1 N–H and O–H groups in total. The number of hydrogen-bond acceptors (Lipinski definition) is 5. The predicted molar refractivity (Wildman–Crippen MR) is 150 cm³/mol. The van der Waals surface area contributed by atoms with Crippen LogP contribution in [-0.2, 0) is 0 Å². The summed E-state index contributed by atoms with van der Waals surface area (Å²) in [6.45, 7) is 2.07. The second-order valence-electron chi connectivity index (χ2n) is 8.54. The van der Waals surface area contributed by atoms with Gasteiger partial charge < -0.3 is 9.72 Å². The maximum absolute atomic E-state index is 13.7. The second kappa shape index (κ2) is 8.86. The highest BCUT2D eigenvalue weighted by atomic mass is 32.1. The van der Waals surface area contributed by atoms with E-state index in [4.69, 9.17) is 21.9 Å². The van der Waals surface area contributed by atoms with Gasteiger partial charge in [0.1, 0.15) is 15.3 Å². The number of methoxy groups -OCH3 is 1. The summed E-state index contributed by atoms with van der Waals surface area (Å²) in [6.07, 6.45) is 0. The fraction of sp³-hybridized carbons (Fsp3) is 0.0690. The van der Waals surface area contributed by atoms with Gasteiger partial charge in [-0.25, -0.2) is 4.98 Å². The smallest absolute Gasteiger partial charge is 0.276 e. The van der Waals surface area contributed by atoms with Gasteiger partial charge in [-0.15, -0.1) is 11.3 Å². The van der Waals surface area contributed by atoms with Crippen LogP contribution in [0.1, 0.15) is 5.56 Å². The molecule has 0 aliphatic carbocycles. The Morgan fingerprint density at radius 1 is 0.944 bits per heavy atom. The van der Waals surface area contributed by atoms with Crippen molar-refractivity contribution >= 4 is 44.0 Å². The van der Waals surface area contributed by atoms with Crippen molar-refractivity contribution in [2.45, 2.75) is 6.92 Å². The van der Waals surface area contributed by atoms with E-state index in [0.717, 1.165) is 38.1 Å². The SMILES string of the molecule is COc1ccc(-n2c(=S)[nH]c3c(sc4nc(-c5ccc(C)cc5)cc(-c5ccccc5)c43)c2=O)cc1. The summed E-state index contributed by atoms with van der Waals surface area (Å²) >= 11 is 7.06. The molecule has 5 nitrogen and oxygen atoms in total. The molecule has 3 heterocycles. The Bertz CT molecular complexity index is 1850. The van der Waals surface area contributed by atoms with Crippen LogP contribution in [0.3, 0.4) is 0 Å². The molecule has 0 bridgehead atoms. The average molecular weight is 508 g/mol. The Balaban J connectivity index is 1.67. The van der Waals surface area contributed by atoms with Gasteiger partial charge in [0.25, 0.3) is 5.56 Å². The van der Waals surface area contributed by atoms with Crippen molar-refractivity contribution in [1.29, 1.82) is 0 Å². The molecule has 6 rings (SSSR count). The second-order valence-corrected chi connectivity index (χ2v) is 9.93. The first-order valence-electron chi connectivity index (χ1n) is 11.4. The number of rotatable bonds is 4. The lowest BCUT2D eigenvalue weighted by atomic mass is 9.99. The first-order chi connectivity index (χ1) is 17.5. The highest BCUT2D eigenvalue weighted by molar-refractivity contribution is 7.71. The van der Waals surface area contributed by atoms with Gasteiger partial charge in [0.05, 0.1) is 24.0 Å². The van der Waals surface area contributed by atoms with Crippen LogP contribution in [0.5, 0.6) is 5.75 Å². The topological polar surface area (TPSA) is 59.9 Å². The first-order valence-corrected chi connectivity index (χ1v) is 12.7. The molecule has 0 saturated carbocycles. The molecule has 176 valence electrons. The summed E-state index contributed by atoms with van der Waals surface area (Å²) in [5.41, 5.74) is 6.37. The van der Waals surface area contributed by atoms with Gasteiger partial charge in [0.15, 0.2) is 4.77 Å². The van der Waals surface area contributed by atoms with Gasteiger partial charge >= 0.3 is 0 Å². The molecule has 0 spiro atoms. The standard InChI is InChI=1S/C29H21N3O2S2/c1-17-8-10-19(11-9-17)23-16-22(18-6-4-3-5-7-18)24-25-26(36-27(24)30-23)28(33)32(29(35)31-25)20-12-14-21(34-2)15-13-20/h3-16H,1-2H3,(H,31,35). The average Bonchev–Trinajstić information content (AvgIpc) is 3.28. The monoisotopic (exact) mass is 507 g/mol. The maximum atomic E-state index is 13.7. The van der Waals surface area contributed by atoms with E-state index >= 15 is 0 Å². The molecule has 7 heteroatoms. The molecule has 6 aromatic rings. The van der Waals surface area contributed by atoms with Gasteiger partial charge in [0.2, 0.25) is 0 Å². The Hall–Kier alpha value is -4.07. The number of fused-ring (bicyclic) bond motifs is 3. The summed E-state index contributed by atoms with van der Waals surface area (Å²) in [5.74, 6) is 0.713. The number of nitrogens with one attached hydrogen (secondary N) is 1. The van der Waals surface area contributed by atoms with Gasteiger partial charge in [-0.3, -0.25) is 9.36 Å². The van der Waals surface area contributed by atoms with Gasteiger partial charge in [-0.05, 0) is 60.6 Å². The number of benzene rings is 3. The molecule has 3 aromatic heterocycles. The zero-order valence-electron chi connectivity index (χ0n) is 19.6. The number of aromatic nitrogens is 3. The quantitative estimate of drug-likeness (QED) is 0.254. The van der Waals surface area contributed by atoms with Crippen molar-refractivity contribution < 1.29 is 4.74 Å². The third-order valence-corrected chi connectivity index (χ3v) is 7.61. The third-order valence-electron chi connectivity index (χ3n) is 6.26. The Morgan fingerprint density at radius 2 is 1.67 bits per heavy atom. The molecular formula is C29H21N3O2S2. The summed E-state index contributed by atoms with van der Waals surface area (Å²) in [4.78, 5) is 22.9. The third kappa shape index (κ3) is 3.73. The van der Waals surface area contributed by atoms with Gasteiger partial charge in [-0.2, -0.15) is 0 Å². The fourth-order valence-corrected chi connectivity index (χ4v) is 5.78.